The number of carbonyl (C=O) groups excluding carboxylic acids is 3. The van der Waals surface area contributed by atoms with E-state index in [9.17, 15) is 14.4 Å². The summed E-state index contributed by atoms with van der Waals surface area (Å²) in [7, 11) is 0. The summed E-state index contributed by atoms with van der Waals surface area (Å²) >= 11 is 0. The number of carbonyl (C=O) groups is 3. The van der Waals surface area contributed by atoms with Crippen molar-refractivity contribution < 1.29 is 23.9 Å². The molecule has 1 aromatic rings. The van der Waals surface area contributed by atoms with Crippen LogP contribution in [0.3, 0.4) is 0 Å². The van der Waals surface area contributed by atoms with Gasteiger partial charge in [-0.25, -0.2) is 0 Å². The van der Waals surface area contributed by atoms with Crippen molar-refractivity contribution in [1.82, 2.24) is 0 Å². The summed E-state index contributed by atoms with van der Waals surface area (Å²) in [4.78, 5) is 35.9. The zero-order chi connectivity index (χ0) is 17.9. The Labute approximate surface area is 143 Å². The molecule has 5 heteroatoms. The predicted molar refractivity (Wildman–Crippen MR) is 90.4 cm³/mol. The number of ether oxygens (including phenoxy) is 2. The Kier molecular flexibility index (Phi) is 8.94. The van der Waals surface area contributed by atoms with Crippen molar-refractivity contribution in [1.29, 1.82) is 0 Å². The van der Waals surface area contributed by atoms with Crippen LogP contribution in [0.1, 0.15) is 45.6 Å². The minimum absolute atomic E-state index is 0.120. The first-order chi connectivity index (χ1) is 11.5. The zero-order valence-corrected chi connectivity index (χ0v) is 14.6. The molecule has 1 aromatic carbocycles. The SMILES string of the molecule is CCOC(=O)C(CC(=O)CC(C)OCc1ccccc1)C(=O)CC. The second kappa shape index (κ2) is 10.7. The first-order valence-electron chi connectivity index (χ1n) is 8.34. The molecule has 0 N–H and O–H groups in total. The number of esters is 1. The molecule has 0 aliphatic rings. The lowest BCUT2D eigenvalue weighted by Gasteiger charge is -2.16. The van der Waals surface area contributed by atoms with E-state index in [4.69, 9.17) is 9.47 Å². The van der Waals surface area contributed by atoms with Gasteiger partial charge < -0.3 is 9.47 Å². The maximum Gasteiger partial charge on any atom is 0.316 e. The number of hydrogen-bond donors (Lipinski definition) is 0. The van der Waals surface area contributed by atoms with Crippen molar-refractivity contribution in [3.63, 3.8) is 0 Å². The van der Waals surface area contributed by atoms with Crippen LogP contribution < -0.4 is 0 Å². The molecule has 0 aliphatic heterocycles. The van der Waals surface area contributed by atoms with Gasteiger partial charge in [-0.05, 0) is 19.4 Å². The molecule has 0 saturated heterocycles. The van der Waals surface area contributed by atoms with Crippen molar-refractivity contribution in [3.8, 4) is 0 Å². The van der Waals surface area contributed by atoms with Gasteiger partial charge in [0.15, 0.2) is 0 Å². The van der Waals surface area contributed by atoms with Crippen LogP contribution in [0.4, 0.5) is 0 Å². The fourth-order valence-corrected chi connectivity index (χ4v) is 2.32. The molecule has 24 heavy (non-hydrogen) atoms. The Morgan fingerprint density at radius 3 is 2.29 bits per heavy atom. The van der Waals surface area contributed by atoms with E-state index in [0.717, 1.165) is 5.56 Å². The largest absolute Gasteiger partial charge is 0.465 e. The van der Waals surface area contributed by atoms with E-state index in [1.54, 1.807) is 13.8 Å². The van der Waals surface area contributed by atoms with E-state index in [2.05, 4.69) is 0 Å². The highest BCUT2D eigenvalue weighted by Crippen LogP contribution is 2.14. The van der Waals surface area contributed by atoms with Gasteiger partial charge >= 0.3 is 5.97 Å². The minimum atomic E-state index is -0.997. The molecular weight excluding hydrogens is 308 g/mol. The third kappa shape index (κ3) is 7.04. The topological polar surface area (TPSA) is 69.7 Å². The molecule has 1 rings (SSSR count). The predicted octanol–water partition coefficient (Wildman–Crippen LogP) is 3.10. The van der Waals surface area contributed by atoms with Gasteiger partial charge in [-0.3, -0.25) is 14.4 Å². The van der Waals surface area contributed by atoms with Crippen molar-refractivity contribution in [3.05, 3.63) is 35.9 Å². The zero-order valence-electron chi connectivity index (χ0n) is 14.6. The van der Waals surface area contributed by atoms with Gasteiger partial charge in [0.05, 0.1) is 19.3 Å². The normalized spacial score (nSPS) is 13.1. The molecule has 0 saturated carbocycles. The second-order valence-corrected chi connectivity index (χ2v) is 5.68. The molecule has 5 nitrogen and oxygen atoms in total. The van der Waals surface area contributed by atoms with Crippen LogP contribution in [0.2, 0.25) is 0 Å². The van der Waals surface area contributed by atoms with E-state index in [1.807, 2.05) is 37.3 Å². The van der Waals surface area contributed by atoms with Gasteiger partial charge in [-0.15, -0.1) is 0 Å². The molecule has 0 heterocycles. The summed E-state index contributed by atoms with van der Waals surface area (Å²) in [6.07, 6.45) is -0.0292. The van der Waals surface area contributed by atoms with E-state index in [1.165, 1.54) is 0 Å². The highest BCUT2D eigenvalue weighted by atomic mass is 16.5. The van der Waals surface area contributed by atoms with Crippen LogP contribution in [-0.2, 0) is 30.5 Å². The first kappa shape index (κ1) is 20.0. The maximum absolute atomic E-state index is 12.2. The highest BCUT2D eigenvalue weighted by Gasteiger charge is 2.29. The smallest absolute Gasteiger partial charge is 0.316 e. The quantitative estimate of drug-likeness (QED) is 0.459. The van der Waals surface area contributed by atoms with Crippen LogP contribution in [-0.4, -0.2) is 30.2 Å². The number of benzene rings is 1. The minimum Gasteiger partial charge on any atom is -0.465 e. The van der Waals surface area contributed by atoms with Gasteiger partial charge in [-0.2, -0.15) is 0 Å². The molecule has 132 valence electrons. The molecular formula is C19H26O5. The Morgan fingerprint density at radius 2 is 1.71 bits per heavy atom. The van der Waals surface area contributed by atoms with Gasteiger partial charge in [0.2, 0.25) is 0 Å². The Hall–Kier alpha value is -2.01. The van der Waals surface area contributed by atoms with E-state index < -0.39 is 11.9 Å². The van der Waals surface area contributed by atoms with Gasteiger partial charge in [0, 0.05) is 19.3 Å². The van der Waals surface area contributed by atoms with Crippen LogP contribution in [0, 0.1) is 5.92 Å². The Morgan fingerprint density at radius 1 is 1.04 bits per heavy atom. The Bertz CT molecular complexity index is 538. The number of ketones is 2. The van der Waals surface area contributed by atoms with Crippen LogP contribution >= 0.6 is 0 Å². The van der Waals surface area contributed by atoms with Gasteiger partial charge in [0.25, 0.3) is 0 Å². The van der Waals surface area contributed by atoms with E-state index in [0.29, 0.717) is 6.61 Å². The lowest BCUT2D eigenvalue weighted by Crippen LogP contribution is -2.29. The summed E-state index contributed by atoms with van der Waals surface area (Å²) in [5.41, 5.74) is 1.03. The van der Waals surface area contributed by atoms with Crippen LogP contribution in [0.25, 0.3) is 0 Å². The first-order valence-corrected chi connectivity index (χ1v) is 8.34. The van der Waals surface area contributed by atoms with Crippen molar-refractivity contribution in [2.24, 2.45) is 5.92 Å². The summed E-state index contributed by atoms with van der Waals surface area (Å²) in [6, 6.07) is 9.68. The molecule has 0 amide bonds. The molecule has 0 bridgehead atoms. The lowest BCUT2D eigenvalue weighted by molar-refractivity contribution is -0.153. The molecule has 0 spiro atoms. The monoisotopic (exact) mass is 334 g/mol. The fraction of sp³-hybridized carbons (Fsp3) is 0.526. The lowest BCUT2D eigenvalue weighted by atomic mass is 9.94. The van der Waals surface area contributed by atoms with Crippen molar-refractivity contribution in [2.75, 3.05) is 6.61 Å². The summed E-state index contributed by atoms with van der Waals surface area (Å²) in [5.74, 6) is -2.05. The van der Waals surface area contributed by atoms with Gasteiger partial charge in [-0.1, -0.05) is 37.3 Å². The molecule has 2 unspecified atom stereocenters. The van der Waals surface area contributed by atoms with E-state index >= 15 is 0 Å². The van der Waals surface area contributed by atoms with Crippen LogP contribution in [0.15, 0.2) is 30.3 Å². The molecule has 0 fully saturated rings. The maximum atomic E-state index is 12.2. The third-order valence-electron chi connectivity index (χ3n) is 3.63. The highest BCUT2D eigenvalue weighted by molar-refractivity contribution is 6.02. The van der Waals surface area contributed by atoms with E-state index in [-0.39, 0.29) is 43.5 Å². The second-order valence-electron chi connectivity index (χ2n) is 5.68. The molecule has 0 radical (unpaired) electrons. The number of rotatable bonds is 11. The number of Topliss-reactive ketones (excluding diaryl/α,β-unsaturated/α-hetero) is 2. The number of hydrogen-bond acceptors (Lipinski definition) is 5. The summed E-state index contributed by atoms with van der Waals surface area (Å²) < 4.78 is 10.5. The summed E-state index contributed by atoms with van der Waals surface area (Å²) in [6.45, 7) is 5.76. The fourth-order valence-electron chi connectivity index (χ4n) is 2.32. The Balaban J connectivity index is 2.49. The van der Waals surface area contributed by atoms with Crippen molar-refractivity contribution in [2.45, 2.75) is 52.7 Å². The molecule has 0 aliphatic carbocycles. The average molecular weight is 334 g/mol. The average Bonchev–Trinajstić information content (AvgIpc) is 2.58. The molecule has 0 aromatic heterocycles. The standard InChI is InChI=1S/C19H26O5/c1-4-18(21)17(19(22)23-5-2)12-16(20)11-14(3)24-13-15-9-7-6-8-10-15/h6-10,14,17H,4-5,11-13H2,1-3H3. The van der Waals surface area contributed by atoms with Crippen LogP contribution in [0.5, 0.6) is 0 Å². The molecule has 2 atom stereocenters. The summed E-state index contributed by atoms with van der Waals surface area (Å²) in [5, 5.41) is 0. The third-order valence-corrected chi connectivity index (χ3v) is 3.63. The van der Waals surface area contributed by atoms with Gasteiger partial charge in [0.1, 0.15) is 17.5 Å². The van der Waals surface area contributed by atoms with Crippen molar-refractivity contribution >= 4 is 17.5 Å².